The molecular formula is C12H13FN2O2. The Morgan fingerprint density at radius 2 is 2.18 bits per heavy atom. The van der Waals surface area contributed by atoms with Crippen LogP contribution < -0.4 is 5.32 Å². The average molecular weight is 236 g/mol. The molecule has 0 spiro atoms. The number of carboxylic acids is 1. The van der Waals surface area contributed by atoms with E-state index in [4.69, 9.17) is 10.4 Å². The van der Waals surface area contributed by atoms with Gasteiger partial charge in [-0.3, -0.25) is 0 Å². The molecule has 0 aliphatic carbocycles. The number of nitriles is 1. The Morgan fingerprint density at radius 1 is 1.53 bits per heavy atom. The molecule has 1 aromatic rings. The standard InChI is InChI=1S/C12H13FN2O2/c1-7(2)11(12(16)17)15-10-4-3-9(13)5-8(10)6-14/h3-5,7,11,15H,1-2H3,(H,16,17). The van der Waals surface area contributed by atoms with E-state index in [0.29, 0.717) is 5.69 Å². The Balaban J connectivity index is 3.02. The zero-order valence-corrected chi connectivity index (χ0v) is 9.57. The Labute approximate surface area is 98.7 Å². The van der Waals surface area contributed by atoms with E-state index in [9.17, 15) is 9.18 Å². The number of hydrogen-bond donors (Lipinski definition) is 2. The largest absolute Gasteiger partial charge is 0.480 e. The van der Waals surface area contributed by atoms with E-state index in [1.807, 2.05) is 6.07 Å². The highest BCUT2D eigenvalue weighted by Gasteiger charge is 2.22. The van der Waals surface area contributed by atoms with Gasteiger partial charge >= 0.3 is 5.97 Å². The van der Waals surface area contributed by atoms with Gasteiger partial charge in [0.1, 0.15) is 17.9 Å². The van der Waals surface area contributed by atoms with Crippen molar-refractivity contribution in [3.63, 3.8) is 0 Å². The molecule has 17 heavy (non-hydrogen) atoms. The van der Waals surface area contributed by atoms with Crippen molar-refractivity contribution in [2.75, 3.05) is 5.32 Å². The summed E-state index contributed by atoms with van der Waals surface area (Å²) in [5, 5.41) is 20.6. The molecule has 2 N–H and O–H groups in total. The molecule has 0 bridgehead atoms. The number of nitrogens with zero attached hydrogens (tertiary/aromatic N) is 1. The van der Waals surface area contributed by atoms with Crippen LogP contribution in [0, 0.1) is 23.1 Å². The van der Waals surface area contributed by atoms with E-state index in [1.165, 1.54) is 12.1 Å². The van der Waals surface area contributed by atoms with Crippen LogP contribution in [0.5, 0.6) is 0 Å². The van der Waals surface area contributed by atoms with Gasteiger partial charge in [-0.2, -0.15) is 5.26 Å². The molecule has 0 radical (unpaired) electrons. The van der Waals surface area contributed by atoms with Crippen molar-refractivity contribution < 1.29 is 14.3 Å². The molecule has 1 rings (SSSR count). The fourth-order valence-electron chi connectivity index (χ4n) is 1.42. The summed E-state index contributed by atoms with van der Waals surface area (Å²) in [5.74, 6) is -1.68. The molecule has 1 atom stereocenters. The minimum Gasteiger partial charge on any atom is -0.480 e. The summed E-state index contributed by atoms with van der Waals surface area (Å²) in [6.07, 6.45) is 0. The predicted molar refractivity (Wildman–Crippen MR) is 61.0 cm³/mol. The molecule has 0 heterocycles. The first-order chi connectivity index (χ1) is 7.95. The third-order valence-corrected chi connectivity index (χ3v) is 2.35. The molecule has 5 heteroatoms. The summed E-state index contributed by atoms with van der Waals surface area (Å²) in [5.41, 5.74) is 0.423. The number of benzene rings is 1. The Bertz CT molecular complexity index is 466. The topological polar surface area (TPSA) is 73.1 Å². The van der Waals surface area contributed by atoms with Crippen LogP contribution in [0.1, 0.15) is 19.4 Å². The summed E-state index contributed by atoms with van der Waals surface area (Å²) < 4.78 is 12.9. The monoisotopic (exact) mass is 236 g/mol. The molecular weight excluding hydrogens is 223 g/mol. The molecule has 0 aromatic heterocycles. The van der Waals surface area contributed by atoms with E-state index >= 15 is 0 Å². The van der Waals surface area contributed by atoms with E-state index in [-0.39, 0.29) is 11.5 Å². The van der Waals surface area contributed by atoms with Crippen LogP contribution in [0.4, 0.5) is 10.1 Å². The summed E-state index contributed by atoms with van der Waals surface area (Å²) in [4.78, 5) is 11.0. The van der Waals surface area contributed by atoms with Crippen molar-refractivity contribution in [3.8, 4) is 6.07 Å². The summed E-state index contributed by atoms with van der Waals surface area (Å²) in [6.45, 7) is 3.50. The number of aliphatic carboxylic acids is 1. The van der Waals surface area contributed by atoms with Gasteiger partial charge < -0.3 is 10.4 Å². The fraction of sp³-hybridized carbons (Fsp3) is 0.333. The molecule has 90 valence electrons. The first kappa shape index (κ1) is 13.0. The lowest BCUT2D eigenvalue weighted by molar-refractivity contribution is -0.138. The average Bonchev–Trinajstić information content (AvgIpc) is 2.26. The van der Waals surface area contributed by atoms with Crippen LogP contribution in [0.2, 0.25) is 0 Å². The first-order valence-electron chi connectivity index (χ1n) is 5.14. The maximum atomic E-state index is 12.9. The minimum absolute atomic E-state index is 0.0944. The van der Waals surface area contributed by atoms with Crippen molar-refractivity contribution in [2.45, 2.75) is 19.9 Å². The molecule has 0 aliphatic rings. The van der Waals surface area contributed by atoms with E-state index < -0.39 is 17.8 Å². The van der Waals surface area contributed by atoms with Gasteiger partial charge in [0.25, 0.3) is 0 Å². The molecule has 0 saturated carbocycles. The Hall–Kier alpha value is -2.09. The molecule has 1 unspecified atom stereocenters. The molecule has 0 saturated heterocycles. The third-order valence-electron chi connectivity index (χ3n) is 2.35. The smallest absolute Gasteiger partial charge is 0.326 e. The highest BCUT2D eigenvalue weighted by Crippen LogP contribution is 2.19. The van der Waals surface area contributed by atoms with Crippen LogP contribution in [0.3, 0.4) is 0 Å². The number of anilines is 1. The van der Waals surface area contributed by atoms with Crippen LogP contribution in [-0.2, 0) is 4.79 Å². The quantitative estimate of drug-likeness (QED) is 0.840. The molecule has 0 fully saturated rings. The normalized spacial score (nSPS) is 11.9. The lowest BCUT2D eigenvalue weighted by atomic mass is 10.0. The lowest BCUT2D eigenvalue weighted by Crippen LogP contribution is -2.34. The van der Waals surface area contributed by atoms with Gasteiger partial charge in [-0.1, -0.05) is 13.8 Å². The second-order valence-corrected chi connectivity index (χ2v) is 4.01. The zero-order chi connectivity index (χ0) is 13.0. The van der Waals surface area contributed by atoms with Gasteiger partial charge in [-0.15, -0.1) is 0 Å². The number of carboxylic acid groups (broad SMARTS) is 1. The van der Waals surface area contributed by atoms with E-state index in [0.717, 1.165) is 6.07 Å². The number of rotatable bonds is 4. The van der Waals surface area contributed by atoms with E-state index in [2.05, 4.69) is 5.32 Å². The Morgan fingerprint density at radius 3 is 2.65 bits per heavy atom. The number of halogens is 1. The van der Waals surface area contributed by atoms with Crippen molar-refractivity contribution in [1.82, 2.24) is 0 Å². The maximum absolute atomic E-state index is 12.9. The highest BCUT2D eigenvalue weighted by atomic mass is 19.1. The Kier molecular flexibility index (Phi) is 4.05. The van der Waals surface area contributed by atoms with Crippen LogP contribution in [0.15, 0.2) is 18.2 Å². The highest BCUT2D eigenvalue weighted by molar-refractivity contribution is 5.78. The first-order valence-corrected chi connectivity index (χ1v) is 5.14. The van der Waals surface area contributed by atoms with Gasteiger partial charge in [0, 0.05) is 0 Å². The molecule has 0 aliphatic heterocycles. The third kappa shape index (κ3) is 3.18. The summed E-state index contributed by atoms with van der Waals surface area (Å²) >= 11 is 0. The van der Waals surface area contributed by atoms with Gasteiger partial charge in [-0.25, -0.2) is 9.18 Å². The van der Waals surface area contributed by atoms with Crippen molar-refractivity contribution in [3.05, 3.63) is 29.6 Å². The van der Waals surface area contributed by atoms with Crippen molar-refractivity contribution >= 4 is 11.7 Å². The summed E-state index contributed by atoms with van der Waals surface area (Å²) in [7, 11) is 0. The van der Waals surface area contributed by atoms with Crippen LogP contribution in [0.25, 0.3) is 0 Å². The number of nitrogens with one attached hydrogen (secondary N) is 1. The maximum Gasteiger partial charge on any atom is 0.326 e. The minimum atomic E-state index is -1.01. The van der Waals surface area contributed by atoms with E-state index in [1.54, 1.807) is 13.8 Å². The van der Waals surface area contributed by atoms with Gasteiger partial charge in [-0.05, 0) is 24.1 Å². The predicted octanol–water partition coefficient (Wildman–Crippen LogP) is 2.22. The SMILES string of the molecule is CC(C)C(Nc1ccc(F)cc1C#N)C(=O)O. The van der Waals surface area contributed by atoms with Crippen molar-refractivity contribution in [2.24, 2.45) is 5.92 Å². The van der Waals surface area contributed by atoms with Gasteiger partial charge in [0.05, 0.1) is 11.3 Å². The lowest BCUT2D eigenvalue weighted by Gasteiger charge is -2.19. The second-order valence-electron chi connectivity index (χ2n) is 4.01. The van der Waals surface area contributed by atoms with Gasteiger partial charge in [0.15, 0.2) is 0 Å². The molecule has 4 nitrogen and oxygen atoms in total. The van der Waals surface area contributed by atoms with Crippen LogP contribution in [-0.4, -0.2) is 17.1 Å². The number of carbonyl (C=O) groups is 1. The van der Waals surface area contributed by atoms with Crippen LogP contribution >= 0.6 is 0 Å². The summed E-state index contributed by atoms with van der Waals surface area (Å²) in [6, 6.07) is 4.63. The fourth-order valence-corrected chi connectivity index (χ4v) is 1.42. The van der Waals surface area contributed by atoms with Gasteiger partial charge in [0.2, 0.25) is 0 Å². The zero-order valence-electron chi connectivity index (χ0n) is 9.57. The number of hydrogen-bond acceptors (Lipinski definition) is 3. The molecule has 1 aromatic carbocycles. The molecule has 0 amide bonds. The second kappa shape index (κ2) is 5.30. The van der Waals surface area contributed by atoms with Crippen molar-refractivity contribution in [1.29, 1.82) is 5.26 Å².